The Morgan fingerprint density at radius 1 is 1.26 bits per heavy atom. The monoisotopic (exact) mass is 370 g/mol. The SMILES string of the molecule is CNC(=O)OCCN(C)c1ccn2ncc(-c3ccc(C)nc3OC)c2n1. The highest BCUT2D eigenvalue weighted by Crippen LogP contribution is 2.31. The summed E-state index contributed by atoms with van der Waals surface area (Å²) in [6, 6.07) is 5.73. The molecule has 0 radical (unpaired) electrons. The lowest BCUT2D eigenvalue weighted by Crippen LogP contribution is -2.27. The summed E-state index contributed by atoms with van der Waals surface area (Å²) in [5.74, 6) is 1.27. The molecule has 0 atom stereocenters. The quantitative estimate of drug-likeness (QED) is 0.708. The Labute approximate surface area is 156 Å². The van der Waals surface area contributed by atoms with E-state index in [0.717, 1.165) is 22.6 Å². The Hall–Kier alpha value is -3.36. The van der Waals surface area contributed by atoms with Crippen LogP contribution in [0.4, 0.5) is 10.6 Å². The maximum Gasteiger partial charge on any atom is 0.406 e. The maximum absolute atomic E-state index is 11.2. The largest absolute Gasteiger partial charge is 0.481 e. The van der Waals surface area contributed by atoms with Crippen molar-refractivity contribution in [3.63, 3.8) is 0 Å². The van der Waals surface area contributed by atoms with Crippen molar-refractivity contribution >= 4 is 17.6 Å². The molecular weight excluding hydrogens is 348 g/mol. The summed E-state index contributed by atoms with van der Waals surface area (Å²) >= 11 is 0. The van der Waals surface area contributed by atoms with Crippen LogP contribution < -0.4 is 15.0 Å². The average Bonchev–Trinajstić information content (AvgIpc) is 3.10. The van der Waals surface area contributed by atoms with Crippen LogP contribution in [0.5, 0.6) is 5.88 Å². The van der Waals surface area contributed by atoms with E-state index in [0.29, 0.717) is 18.1 Å². The van der Waals surface area contributed by atoms with E-state index < -0.39 is 6.09 Å². The number of fused-ring (bicyclic) bond motifs is 1. The summed E-state index contributed by atoms with van der Waals surface area (Å²) in [4.78, 5) is 22.2. The molecule has 1 N–H and O–H groups in total. The Morgan fingerprint density at radius 2 is 2.07 bits per heavy atom. The van der Waals surface area contributed by atoms with Crippen LogP contribution >= 0.6 is 0 Å². The van der Waals surface area contributed by atoms with Crippen molar-refractivity contribution < 1.29 is 14.3 Å². The van der Waals surface area contributed by atoms with Crippen LogP contribution in [0.25, 0.3) is 16.8 Å². The van der Waals surface area contributed by atoms with Crippen LogP contribution in [-0.4, -0.2) is 60.0 Å². The topological polar surface area (TPSA) is 93.9 Å². The van der Waals surface area contributed by atoms with E-state index in [1.807, 2.05) is 43.3 Å². The lowest BCUT2D eigenvalue weighted by Gasteiger charge is -2.18. The minimum atomic E-state index is -0.455. The number of alkyl carbamates (subject to hydrolysis) is 1. The molecule has 0 aromatic carbocycles. The Kier molecular flexibility index (Phi) is 5.39. The molecule has 0 saturated carbocycles. The van der Waals surface area contributed by atoms with Gasteiger partial charge in [-0.1, -0.05) is 0 Å². The zero-order valence-corrected chi connectivity index (χ0v) is 15.8. The van der Waals surface area contributed by atoms with Gasteiger partial charge in [-0.15, -0.1) is 0 Å². The minimum Gasteiger partial charge on any atom is -0.481 e. The average molecular weight is 370 g/mol. The van der Waals surface area contributed by atoms with Crippen LogP contribution in [0, 0.1) is 6.92 Å². The van der Waals surface area contributed by atoms with Gasteiger partial charge in [0.15, 0.2) is 5.65 Å². The van der Waals surface area contributed by atoms with Gasteiger partial charge in [-0.05, 0) is 25.1 Å². The highest BCUT2D eigenvalue weighted by molar-refractivity contribution is 5.80. The van der Waals surface area contributed by atoms with Crippen LogP contribution in [-0.2, 0) is 4.74 Å². The summed E-state index contributed by atoms with van der Waals surface area (Å²) in [6.07, 6.45) is 3.13. The van der Waals surface area contributed by atoms with Crippen molar-refractivity contribution in [3.05, 3.63) is 36.3 Å². The maximum atomic E-state index is 11.2. The molecule has 3 aromatic rings. The van der Waals surface area contributed by atoms with E-state index in [4.69, 9.17) is 14.5 Å². The molecule has 0 saturated heterocycles. The fourth-order valence-electron chi connectivity index (χ4n) is 2.62. The Morgan fingerprint density at radius 3 is 2.81 bits per heavy atom. The molecular formula is C18H22N6O3. The summed E-state index contributed by atoms with van der Waals surface area (Å²) in [6.45, 7) is 2.68. The molecule has 3 aromatic heterocycles. The van der Waals surface area contributed by atoms with Crippen molar-refractivity contribution in [1.82, 2.24) is 24.9 Å². The van der Waals surface area contributed by atoms with E-state index in [1.54, 1.807) is 17.8 Å². The molecule has 3 heterocycles. The van der Waals surface area contributed by atoms with Crippen molar-refractivity contribution in [3.8, 4) is 17.0 Å². The number of carbonyl (C=O) groups excluding carboxylic acids is 1. The van der Waals surface area contributed by atoms with Crippen molar-refractivity contribution in [2.45, 2.75) is 6.92 Å². The Bertz CT molecular complexity index is 955. The molecule has 9 heteroatoms. The zero-order chi connectivity index (χ0) is 19.4. The second kappa shape index (κ2) is 7.90. The van der Waals surface area contributed by atoms with E-state index in [2.05, 4.69) is 15.4 Å². The van der Waals surface area contributed by atoms with E-state index in [1.165, 1.54) is 7.05 Å². The number of ether oxygens (including phenoxy) is 2. The minimum absolute atomic E-state index is 0.255. The second-order valence-electron chi connectivity index (χ2n) is 5.93. The van der Waals surface area contributed by atoms with Gasteiger partial charge in [-0.2, -0.15) is 5.10 Å². The van der Waals surface area contributed by atoms with E-state index in [9.17, 15) is 4.79 Å². The van der Waals surface area contributed by atoms with Gasteiger partial charge in [0.2, 0.25) is 5.88 Å². The van der Waals surface area contributed by atoms with Gasteiger partial charge in [-0.25, -0.2) is 19.3 Å². The fraction of sp³-hybridized carbons (Fsp3) is 0.333. The first-order chi connectivity index (χ1) is 13.0. The lowest BCUT2D eigenvalue weighted by atomic mass is 10.1. The molecule has 0 aliphatic carbocycles. The predicted molar refractivity (Wildman–Crippen MR) is 101 cm³/mol. The number of methoxy groups -OCH3 is 1. The normalized spacial score (nSPS) is 10.7. The van der Waals surface area contributed by atoms with Gasteiger partial charge in [-0.3, -0.25) is 0 Å². The first kappa shape index (κ1) is 18.4. The van der Waals surface area contributed by atoms with Gasteiger partial charge < -0.3 is 19.7 Å². The van der Waals surface area contributed by atoms with Gasteiger partial charge in [0.1, 0.15) is 12.4 Å². The third kappa shape index (κ3) is 3.91. The zero-order valence-electron chi connectivity index (χ0n) is 15.8. The number of hydrogen-bond acceptors (Lipinski definition) is 7. The molecule has 0 bridgehead atoms. The number of hydrogen-bond donors (Lipinski definition) is 1. The number of aryl methyl sites for hydroxylation is 1. The standard InChI is InChI=1S/C18H22N6O3/c1-12-5-6-13(17(21-12)26-4)14-11-20-24-8-7-15(22-16(14)24)23(3)9-10-27-18(25)19-2/h5-8,11H,9-10H2,1-4H3,(H,19,25). The first-order valence-corrected chi connectivity index (χ1v) is 8.45. The molecule has 142 valence electrons. The molecule has 27 heavy (non-hydrogen) atoms. The summed E-state index contributed by atoms with van der Waals surface area (Å²) in [7, 11) is 5.00. The summed E-state index contributed by atoms with van der Waals surface area (Å²) < 4.78 is 12.2. The molecule has 0 fully saturated rings. The number of anilines is 1. The van der Waals surface area contributed by atoms with Gasteiger partial charge in [0, 0.05) is 31.5 Å². The highest BCUT2D eigenvalue weighted by atomic mass is 16.5. The number of rotatable bonds is 6. The van der Waals surface area contributed by atoms with Crippen molar-refractivity contribution in [2.75, 3.05) is 39.3 Å². The molecule has 0 aliphatic heterocycles. The van der Waals surface area contributed by atoms with E-state index >= 15 is 0 Å². The first-order valence-electron chi connectivity index (χ1n) is 8.45. The number of carbonyl (C=O) groups is 1. The summed E-state index contributed by atoms with van der Waals surface area (Å²) in [5.41, 5.74) is 3.22. The molecule has 1 amide bonds. The van der Waals surface area contributed by atoms with Crippen molar-refractivity contribution in [2.24, 2.45) is 0 Å². The summed E-state index contributed by atoms with van der Waals surface area (Å²) in [5, 5.41) is 6.78. The number of likely N-dealkylation sites (N-methyl/N-ethyl adjacent to an activating group) is 1. The van der Waals surface area contributed by atoms with Crippen LogP contribution in [0.2, 0.25) is 0 Å². The van der Waals surface area contributed by atoms with Crippen LogP contribution in [0.1, 0.15) is 5.69 Å². The number of aromatic nitrogens is 4. The van der Waals surface area contributed by atoms with Gasteiger partial charge >= 0.3 is 6.09 Å². The number of nitrogens with one attached hydrogen (secondary N) is 1. The van der Waals surface area contributed by atoms with Crippen LogP contribution in [0.3, 0.4) is 0 Å². The highest BCUT2D eigenvalue weighted by Gasteiger charge is 2.15. The fourth-order valence-corrected chi connectivity index (χ4v) is 2.62. The molecule has 9 nitrogen and oxygen atoms in total. The third-order valence-corrected chi connectivity index (χ3v) is 4.09. The number of amides is 1. The second-order valence-corrected chi connectivity index (χ2v) is 5.93. The molecule has 0 aliphatic rings. The smallest absolute Gasteiger partial charge is 0.406 e. The molecule has 0 unspecified atom stereocenters. The van der Waals surface area contributed by atoms with Crippen LogP contribution in [0.15, 0.2) is 30.6 Å². The molecule has 3 rings (SSSR count). The third-order valence-electron chi connectivity index (χ3n) is 4.09. The van der Waals surface area contributed by atoms with Crippen molar-refractivity contribution in [1.29, 1.82) is 0 Å². The Balaban J connectivity index is 1.89. The number of nitrogens with zero attached hydrogens (tertiary/aromatic N) is 5. The predicted octanol–water partition coefficient (Wildman–Crippen LogP) is 1.90. The van der Waals surface area contributed by atoms with E-state index in [-0.39, 0.29) is 6.61 Å². The van der Waals surface area contributed by atoms with Gasteiger partial charge in [0.25, 0.3) is 0 Å². The molecule has 0 spiro atoms. The van der Waals surface area contributed by atoms with Gasteiger partial charge in [0.05, 0.1) is 25.4 Å². The lowest BCUT2D eigenvalue weighted by molar-refractivity contribution is 0.151. The number of pyridine rings is 1.